The van der Waals surface area contributed by atoms with Gasteiger partial charge in [-0.1, -0.05) is 33.1 Å². The molecule has 0 heterocycles. The van der Waals surface area contributed by atoms with E-state index in [1.54, 1.807) is 0 Å². The van der Waals surface area contributed by atoms with Crippen molar-refractivity contribution in [3.8, 4) is 0 Å². The molecule has 1 amide bonds. The number of hydrogen-bond acceptors (Lipinski definition) is 2. The molecule has 94 valence electrons. The second-order valence-electron chi connectivity index (χ2n) is 5.03. The molecule has 3 heteroatoms. The molecule has 0 saturated heterocycles. The van der Waals surface area contributed by atoms with Gasteiger partial charge >= 0.3 is 0 Å². The Morgan fingerprint density at radius 2 is 2.00 bits per heavy atom. The molecule has 1 aliphatic rings. The Balaban J connectivity index is 2.30. The molecular weight excluding hydrogens is 200 g/mol. The summed E-state index contributed by atoms with van der Waals surface area (Å²) in [6.45, 7) is 5.37. The highest BCUT2D eigenvalue weighted by Gasteiger charge is 2.33. The van der Waals surface area contributed by atoms with Crippen LogP contribution in [0.4, 0.5) is 0 Å². The summed E-state index contributed by atoms with van der Waals surface area (Å²) >= 11 is 0. The lowest BCUT2D eigenvalue weighted by Crippen LogP contribution is -2.45. The Morgan fingerprint density at radius 1 is 1.38 bits per heavy atom. The quantitative estimate of drug-likeness (QED) is 0.698. The molecule has 0 atom stereocenters. The van der Waals surface area contributed by atoms with Crippen LogP contribution in [0.3, 0.4) is 0 Å². The van der Waals surface area contributed by atoms with Gasteiger partial charge in [0.25, 0.3) is 0 Å². The first-order chi connectivity index (χ1) is 7.68. The molecule has 0 radical (unpaired) electrons. The Morgan fingerprint density at radius 3 is 2.38 bits per heavy atom. The van der Waals surface area contributed by atoms with Crippen molar-refractivity contribution in [2.45, 2.75) is 52.4 Å². The van der Waals surface area contributed by atoms with Gasteiger partial charge in [-0.05, 0) is 25.2 Å². The average Bonchev–Trinajstić information content (AvgIpc) is 2.25. The normalized spacial score (nSPS) is 16.9. The van der Waals surface area contributed by atoms with Crippen molar-refractivity contribution in [1.82, 2.24) is 5.32 Å². The van der Waals surface area contributed by atoms with Crippen LogP contribution in [0.5, 0.6) is 0 Å². The number of carbonyl (C=O) groups excluding carboxylic acids is 1. The molecule has 1 saturated carbocycles. The third-order valence-electron chi connectivity index (χ3n) is 4.29. The molecule has 0 bridgehead atoms. The lowest BCUT2D eigenvalue weighted by Gasteiger charge is -2.30. The van der Waals surface area contributed by atoms with Gasteiger partial charge < -0.3 is 11.1 Å². The van der Waals surface area contributed by atoms with E-state index in [0.29, 0.717) is 6.54 Å². The lowest BCUT2D eigenvalue weighted by atomic mass is 9.81. The third kappa shape index (κ3) is 2.97. The summed E-state index contributed by atoms with van der Waals surface area (Å²) in [5.74, 6) is 1.01. The first kappa shape index (κ1) is 13.5. The molecule has 0 aliphatic heterocycles. The molecule has 0 aromatic carbocycles. The minimum absolute atomic E-state index is 0.152. The van der Waals surface area contributed by atoms with Gasteiger partial charge in [-0.3, -0.25) is 4.79 Å². The molecule has 1 fully saturated rings. The topological polar surface area (TPSA) is 55.1 Å². The van der Waals surface area contributed by atoms with Gasteiger partial charge in [-0.25, -0.2) is 0 Å². The predicted octanol–water partition coefficient (Wildman–Crippen LogP) is 2.06. The standard InChI is InChI=1S/C13H26N2O/c1-3-13(4-2,10-14)12(16)15-9-8-11-6-5-7-11/h11H,3-10,14H2,1-2H3,(H,15,16). The van der Waals surface area contributed by atoms with Crippen LogP contribution in [0.2, 0.25) is 0 Å². The Bertz CT molecular complexity index is 212. The van der Waals surface area contributed by atoms with Crippen LogP contribution in [0, 0.1) is 11.3 Å². The number of hydrogen-bond donors (Lipinski definition) is 2. The SMILES string of the molecule is CCC(CC)(CN)C(=O)NCCC1CCC1. The number of nitrogens with two attached hydrogens (primary N) is 1. The number of amides is 1. The van der Waals surface area contributed by atoms with Crippen molar-refractivity contribution in [2.75, 3.05) is 13.1 Å². The van der Waals surface area contributed by atoms with E-state index in [1.807, 2.05) is 13.8 Å². The molecule has 16 heavy (non-hydrogen) atoms. The summed E-state index contributed by atoms with van der Waals surface area (Å²) in [6.07, 6.45) is 6.86. The van der Waals surface area contributed by atoms with Gasteiger partial charge in [0.2, 0.25) is 5.91 Å². The van der Waals surface area contributed by atoms with Crippen LogP contribution < -0.4 is 11.1 Å². The second kappa shape index (κ2) is 6.24. The first-order valence-corrected chi connectivity index (χ1v) is 6.67. The van der Waals surface area contributed by atoms with Gasteiger partial charge in [-0.2, -0.15) is 0 Å². The van der Waals surface area contributed by atoms with Gasteiger partial charge in [0.15, 0.2) is 0 Å². The maximum Gasteiger partial charge on any atom is 0.227 e. The summed E-state index contributed by atoms with van der Waals surface area (Å²) in [5, 5.41) is 3.06. The van der Waals surface area contributed by atoms with Crippen molar-refractivity contribution >= 4 is 5.91 Å². The number of nitrogens with one attached hydrogen (secondary N) is 1. The zero-order valence-electron chi connectivity index (χ0n) is 10.7. The molecule has 3 nitrogen and oxygen atoms in total. The fourth-order valence-corrected chi connectivity index (χ4v) is 2.31. The summed E-state index contributed by atoms with van der Waals surface area (Å²) in [6, 6.07) is 0. The van der Waals surface area contributed by atoms with Crippen LogP contribution >= 0.6 is 0 Å². The minimum Gasteiger partial charge on any atom is -0.356 e. The summed E-state index contributed by atoms with van der Waals surface area (Å²) < 4.78 is 0. The zero-order valence-corrected chi connectivity index (χ0v) is 10.7. The van der Waals surface area contributed by atoms with Crippen LogP contribution in [-0.2, 0) is 4.79 Å². The number of carbonyl (C=O) groups is 1. The molecule has 1 rings (SSSR count). The average molecular weight is 226 g/mol. The zero-order chi connectivity index (χ0) is 12.0. The van der Waals surface area contributed by atoms with E-state index < -0.39 is 0 Å². The maximum absolute atomic E-state index is 12.1. The van der Waals surface area contributed by atoms with E-state index >= 15 is 0 Å². The first-order valence-electron chi connectivity index (χ1n) is 6.67. The van der Waals surface area contributed by atoms with Crippen molar-refractivity contribution in [3.63, 3.8) is 0 Å². The Hall–Kier alpha value is -0.570. The van der Waals surface area contributed by atoms with E-state index in [-0.39, 0.29) is 11.3 Å². The molecule has 0 spiro atoms. The smallest absolute Gasteiger partial charge is 0.227 e. The molecule has 1 aliphatic carbocycles. The highest BCUT2D eigenvalue weighted by molar-refractivity contribution is 5.82. The molecule has 0 unspecified atom stereocenters. The van der Waals surface area contributed by atoms with Crippen LogP contribution in [0.25, 0.3) is 0 Å². The summed E-state index contributed by atoms with van der Waals surface area (Å²) in [4.78, 5) is 12.1. The van der Waals surface area contributed by atoms with Gasteiger partial charge in [-0.15, -0.1) is 0 Å². The van der Waals surface area contributed by atoms with E-state index in [0.717, 1.165) is 31.7 Å². The van der Waals surface area contributed by atoms with E-state index in [9.17, 15) is 4.79 Å². The maximum atomic E-state index is 12.1. The van der Waals surface area contributed by atoms with E-state index in [4.69, 9.17) is 5.73 Å². The predicted molar refractivity (Wildman–Crippen MR) is 67.0 cm³/mol. The lowest BCUT2D eigenvalue weighted by molar-refractivity contribution is -0.131. The highest BCUT2D eigenvalue weighted by atomic mass is 16.2. The van der Waals surface area contributed by atoms with E-state index in [2.05, 4.69) is 5.32 Å². The van der Waals surface area contributed by atoms with Crippen molar-refractivity contribution < 1.29 is 4.79 Å². The molecule has 0 aromatic rings. The third-order valence-corrected chi connectivity index (χ3v) is 4.29. The second-order valence-corrected chi connectivity index (χ2v) is 5.03. The van der Waals surface area contributed by atoms with Gasteiger partial charge in [0.05, 0.1) is 5.41 Å². The van der Waals surface area contributed by atoms with Crippen LogP contribution in [-0.4, -0.2) is 19.0 Å². The fourth-order valence-electron chi connectivity index (χ4n) is 2.31. The van der Waals surface area contributed by atoms with Gasteiger partial charge in [0, 0.05) is 13.1 Å². The minimum atomic E-state index is -0.334. The summed E-state index contributed by atoms with van der Waals surface area (Å²) in [5.41, 5.74) is 5.40. The van der Waals surface area contributed by atoms with Crippen molar-refractivity contribution in [3.05, 3.63) is 0 Å². The van der Waals surface area contributed by atoms with Crippen molar-refractivity contribution in [2.24, 2.45) is 17.1 Å². The van der Waals surface area contributed by atoms with Crippen LogP contribution in [0.15, 0.2) is 0 Å². The van der Waals surface area contributed by atoms with Crippen molar-refractivity contribution in [1.29, 1.82) is 0 Å². The Labute approximate surface area is 99.2 Å². The molecule has 0 aromatic heterocycles. The highest BCUT2D eigenvalue weighted by Crippen LogP contribution is 2.29. The monoisotopic (exact) mass is 226 g/mol. The van der Waals surface area contributed by atoms with E-state index in [1.165, 1.54) is 19.3 Å². The van der Waals surface area contributed by atoms with Gasteiger partial charge in [0.1, 0.15) is 0 Å². The largest absolute Gasteiger partial charge is 0.356 e. The number of rotatable bonds is 7. The fraction of sp³-hybridized carbons (Fsp3) is 0.923. The molecular formula is C13H26N2O. The molecule has 3 N–H and O–H groups in total. The Kier molecular flexibility index (Phi) is 5.26. The van der Waals surface area contributed by atoms with Crippen LogP contribution in [0.1, 0.15) is 52.4 Å². The summed E-state index contributed by atoms with van der Waals surface area (Å²) in [7, 11) is 0.